The first-order valence-corrected chi connectivity index (χ1v) is 7.58. The number of nitrogens with two attached hydrogens (primary N) is 1. The first kappa shape index (κ1) is 16.8. The van der Waals surface area contributed by atoms with Crippen LogP contribution in [0.4, 0.5) is 10.3 Å². The third-order valence-corrected chi connectivity index (χ3v) is 3.86. The van der Waals surface area contributed by atoms with Crippen LogP contribution in [0, 0.1) is 0 Å². The normalized spacial score (nSPS) is 27.4. The van der Waals surface area contributed by atoms with E-state index in [-0.39, 0.29) is 29.8 Å². The molecule has 0 radical (unpaired) electrons. The van der Waals surface area contributed by atoms with E-state index in [1.165, 1.54) is 18.0 Å². The first-order chi connectivity index (χ1) is 11.4. The van der Waals surface area contributed by atoms with Crippen LogP contribution in [0.1, 0.15) is 20.1 Å². The highest BCUT2D eigenvalue weighted by atomic mass is 19.1. The van der Waals surface area contributed by atoms with Crippen LogP contribution in [0.3, 0.4) is 0 Å². The number of aromatic amines is 1. The molecule has 10 heteroatoms. The zero-order valence-electron chi connectivity index (χ0n) is 13.6. The van der Waals surface area contributed by atoms with Crippen LogP contribution < -0.4 is 11.3 Å². The Balaban J connectivity index is 1.93. The highest BCUT2D eigenvalue weighted by Crippen LogP contribution is 2.35. The molecule has 0 saturated carbocycles. The van der Waals surface area contributed by atoms with Crippen molar-refractivity contribution in [3.8, 4) is 0 Å². The molecule has 3 N–H and O–H groups in total. The smallest absolute Gasteiger partial charge is 0.280 e. The zero-order valence-corrected chi connectivity index (χ0v) is 13.6. The van der Waals surface area contributed by atoms with E-state index in [0.29, 0.717) is 0 Å². The van der Waals surface area contributed by atoms with Gasteiger partial charge >= 0.3 is 0 Å². The van der Waals surface area contributed by atoms with Gasteiger partial charge in [-0.15, -0.1) is 0 Å². The third kappa shape index (κ3) is 2.87. The summed E-state index contributed by atoms with van der Waals surface area (Å²) >= 11 is 0. The van der Waals surface area contributed by atoms with Crippen molar-refractivity contribution in [2.24, 2.45) is 0 Å². The van der Waals surface area contributed by atoms with Crippen LogP contribution in [0.25, 0.3) is 11.2 Å². The van der Waals surface area contributed by atoms with Gasteiger partial charge in [-0.05, 0) is 13.8 Å². The number of hydrogen-bond acceptors (Lipinski definition) is 7. The van der Waals surface area contributed by atoms with E-state index in [2.05, 4.69) is 15.0 Å². The fraction of sp³-hybridized carbons (Fsp3) is 0.643. The fourth-order valence-corrected chi connectivity index (χ4v) is 2.75. The maximum absolute atomic E-state index is 14.8. The Hall–Kier alpha value is -2.04. The van der Waals surface area contributed by atoms with E-state index in [0.717, 1.165) is 0 Å². The van der Waals surface area contributed by atoms with Gasteiger partial charge in [0.2, 0.25) is 5.95 Å². The molecule has 0 aliphatic carbocycles. The molecule has 0 spiro atoms. The average molecular weight is 341 g/mol. The largest absolute Gasteiger partial charge is 0.376 e. The molecule has 1 fully saturated rings. The zero-order chi connectivity index (χ0) is 17.4. The second-order valence-corrected chi connectivity index (χ2v) is 5.87. The Morgan fingerprint density at radius 1 is 1.54 bits per heavy atom. The SMILES string of the molecule is COC1C(COC(C)C)OC(n2cnc3c(=O)[nH]c(N)nc32)C1F. The van der Waals surface area contributed by atoms with Crippen LogP contribution in [0.5, 0.6) is 0 Å². The average Bonchev–Trinajstić information content (AvgIpc) is 3.06. The summed E-state index contributed by atoms with van der Waals surface area (Å²) in [6, 6.07) is 0. The minimum absolute atomic E-state index is 0.0164. The fourth-order valence-electron chi connectivity index (χ4n) is 2.75. The van der Waals surface area contributed by atoms with E-state index in [9.17, 15) is 9.18 Å². The van der Waals surface area contributed by atoms with Gasteiger partial charge in [0.1, 0.15) is 12.2 Å². The van der Waals surface area contributed by atoms with Gasteiger partial charge in [0.15, 0.2) is 23.6 Å². The summed E-state index contributed by atoms with van der Waals surface area (Å²) < 4.78 is 32.7. The summed E-state index contributed by atoms with van der Waals surface area (Å²) in [6.45, 7) is 3.95. The maximum atomic E-state index is 14.8. The molecular weight excluding hydrogens is 321 g/mol. The number of fused-ring (bicyclic) bond motifs is 1. The lowest BCUT2D eigenvalue weighted by molar-refractivity contribution is -0.0792. The second kappa shape index (κ2) is 6.46. The van der Waals surface area contributed by atoms with Crippen molar-refractivity contribution >= 4 is 17.1 Å². The number of aromatic nitrogens is 4. The lowest BCUT2D eigenvalue weighted by atomic mass is 10.1. The van der Waals surface area contributed by atoms with E-state index in [1.807, 2.05) is 13.8 Å². The number of alkyl halides is 1. The number of nitrogens with zero attached hydrogens (tertiary/aromatic N) is 3. The Bertz CT molecular complexity index is 776. The van der Waals surface area contributed by atoms with Gasteiger partial charge in [-0.1, -0.05) is 0 Å². The lowest BCUT2D eigenvalue weighted by Gasteiger charge is -2.18. The van der Waals surface area contributed by atoms with Gasteiger partial charge in [0.05, 0.1) is 19.0 Å². The molecule has 2 aromatic rings. The lowest BCUT2D eigenvalue weighted by Crippen LogP contribution is -2.34. The number of nitrogens with one attached hydrogen (secondary N) is 1. The number of ether oxygens (including phenoxy) is 3. The summed E-state index contributed by atoms with van der Waals surface area (Å²) in [7, 11) is 1.42. The predicted molar refractivity (Wildman–Crippen MR) is 83.3 cm³/mol. The standard InChI is InChI=1S/C14H20FN5O4/c1-6(2)23-4-7-10(22-3)8(15)13(24-7)20-5-17-9-11(20)18-14(16)19-12(9)21/h5-8,10,13H,4H2,1-3H3,(H3,16,18,19,21). The maximum Gasteiger partial charge on any atom is 0.280 e. The summed E-state index contributed by atoms with van der Waals surface area (Å²) in [6.07, 6.45) is -2.61. The highest BCUT2D eigenvalue weighted by Gasteiger charge is 2.47. The number of halogens is 1. The molecule has 1 saturated heterocycles. The van der Waals surface area contributed by atoms with Gasteiger partial charge < -0.3 is 19.9 Å². The number of H-pyrrole nitrogens is 1. The number of anilines is 1. The molecule has 4 unspecified atom stereocenters. The third-order valence-electron chi connectivity index (χ3n) is 3.86. The summed E-state index contributed by atoms with van der Waals surface area (Å²) in [4.78, 5) is 22.2. The summed E-state index contributed by atoms with van der Waals surface area (Å²) in [5.74, 6) is -0.0781. The number of rotatable bonds is 5. The quantitative estimate of drug-likeness (QED) is 0.807. The Morgan fingerprint density at radius 3 is 2.96 bits per heavy atom. The van der Waals surface area contributed by atoms with Crippen molar-refractivity contribution < 1.29 is 18.6 Å². The van der Waals surface area contributed by atoms with Crippen LogP contribution in [0.15, 0.2) is 11.1 Å². The van der Waals surface area contributed by atoms with E-state index in [1.54, 1.807) is 0 Å². The van der Waals surface area contributed by atoms with Gasteiger partial charge in [-0.25, -0.2) is 9.37 Å². The van der Waals surface area contributed by atoms with Crippen molar-refractivity contribution in [3.63, 3.8) is 0 Å². The van der Waals surface area contributed by atoms with E-state index >= 15 is 0 Å². The van der Waals surface area contributed by atoms with Crippen LogP contribution in [-0.2, 0) is 14.2 Å². The summed E-state index contributed by atoms with van der Waals surface area (Å²) in [5, 5.41) is 0. The minimum Gasteiger partial charge on any atom is -0.376 e. The van der Waals surface area contributed by atoms with Gasteiger partial charge in [-0.3, -0.25) is 14.3 Å². The topological polar surface area (TPSA) is 117 Å². The molecule has 0 bridgehead atoms. The van der Waals surface area contributed by atoms with E-state index < -0.39 is 30.2 Å². The van der Waals surface area contributed by atoms with Crippen molar-refractivity contribution in [2.45, 2.75) is 44.6 Å². The predicted octanol–water partition coefficient (Wildman–Crippen LogP) is 0.377. The molecule has 0 aromatic carbocycles. The molecule has 9 nitrogen and oxygen atoms in total. The van der Waals surface area contributed by atoms with Gasteiger partial charge in [-0.2, -0.15) is 4.98 Å². The van der Waals surface area contributed by atoms with Crippen LogP contribution >= 0.6 is 0 Å². The molecular formula is C14H20FN5O4. The monoisotopic (exact) mass is 341 g/mol. The Kier molecular flexibility index (Phi) is 4.52. The minimum atomic E-state index is -1.48. The number of imidazole rings is 1. The van der Waals surface area contributed by atoms with Crippen molar-refractivity contribution in [1.29, 1.82) is 0 Å². The second-order valence-electron chi connectivity index (χ2n) is 5.87. The molecule has 3 rings (SSSR count). The molecule has 24 heavy (non-hydrogen) atoms. The molecule has 4 atom stereocenters. The number of hydrogen-bond donors (Lipinski definition) is 2. The van der Waals surface area contributed by atoms with Crippen molar-refractivity contribution in [2.75, 3.05) is 19.5 Å². The Morgan fingerprint density at radius 2 is 2.29 bits per heavy atom. The molecule has 1 aliphatic rings. The van der Waals surface area contributed by atoms with Crippen LogP contribution in [0.2, 0.25) is 0 Å². The van der Waals surface area contributed by atoms with Gasteiger partial charge in [0, 0.05) is 7.11 Å². The number of methoxy groups -OCH3 is 1. The van der Waals surface area contributed by atoms with E-state index in [4.69, 9.17) is 19.9 Å². The highest BCUT2D eigenvalue weighted by molar-refractivity contribution is 5.70. The number of nitrogen functional groups attached to an aromatic ring is 1. The summed E-state index contributed by atoms with van der Waals surface area (Å²) in [5.41, 5.74) is 5.29. The first-order valence-electron chi connectivity index (χ1n) is 7.58. The molecule has 2 aromatic heterocycles. The molecule has 132 valence electrons. The van der Waals surface area contributed by atoms with Crippen LogP contribution in [-0.4, -0.2) is 57.7 Å². The van der Waals surface area contributed by atoms with Crippen molar-refractivity contribution in [3.05, 3.63) is 16.7 Å². The molecule has 0 amide bonds. The molecule has 1 aliphatic heterocycles. The van der Waals surface area contributed by atoms with Crippen molar-refractivity contribution in [1.82, 2.24) is 19.5 Å². The Labute approximate surface area is 136 Å². The molecule has 3 heterocycles. The van der Waals surface area contributed by atoms with Gasteiger partial charge in [0.25, 0.3) is 5.56 Å².